The summed E-state index contributed by atoms with van der Waals surface area (Å²) in [5, 5.41) is 10.3. The first-order valence-corrected chi connectivity index (χ1v) is 7.87. The van der Waals surface area contributed by atoms with Crippen molar-refractivity contribution < 1.29 is 0 Å². The molecular formula is C14H19N5S. The molecule has 1 saturated heterocycles. The molecule has 1 atom stereocenters. The minimum absolute atomic E-state index is 0.549. The Labute approximate surface area is 123 Å². The summed E-state index contributed by atoms with van der Waals surface area (Å²) in [6.07, 6.45) is 4.15. The van der Waals surface area contributed by atoms with Gasteiger partial charge in [0.25, 0.3) is 0 Å². The molecule has 6 heteroatoms. The fraction of sp³-hybridized carbons (Fsp3) is 0.500. The molecule has 1 aliphatic heterocycles. The monoisotopic (exact) mass is 289 g/mol. The summed E-state index contributed by atoms with van der Waals surface area (Å²) >= 11 is 1.66. The minimum Gasteiger partial charge on any atom is -0.354 e. The Morgan fingerprint density at radius 2 is 2.45 bits per heavy atom. The van der Waals surface area contributed by atoms with Gasteiger partial charge in [-0.3, -0.25) is 4.90 Å². The third-order valence-corrected chi connectivity index (χ3v) is 4.43. The van der Waals surface area contributed by atoms with Crippen molar-refractivity contribution in [2.45, 2.75) is 25.4 Å². The van der Waals surface area contributed by atoms with Gasteiger partial charge in [-0.15, -0.1) is 16.4 Å². The molecule has 0 bridgehead atoms. The van der Waals surface area contributed by atoms with Crippen LogP contribution in [-0.2, 0) is 6.54 Å². The Morgan fingerprint density at radius 1 is 1.50 bits per heavy atom. The Bertz CT molecular complexity index is 516. The molecule has 0 aromatic carbocycles. The van der Waals surface area contributed by atoms with E-state index in [9.17, 15) is 0 Å². The number of rotatable bonds is 4. The smallest absolute Gasteiger partial charge is 0.151 e. The summed E-state index contributed by atoms with van der Waals surface area (Å²) < 4.78 is 0. The van der Waals surface area contributed by atoms with Crippen molar-refractivity contribution in [1.82, 2.24) is 20.1 Å². The van der Waals surface area contributed by atoms with E-state index >= 15 is 0 Å². The van der Waals surface area contributed by atoms with E-state index in [0.717, 1.165) is 31.1 Å². The number of anilines is 1. The molecule has 5 nitrogen and oxygen atoms in total. The quantitative estimate of drug-likeness (QED) is 0.862. The number of thiazole rings is 1. The van der Waals surface area contributed by atoms with Gasteiger partial charge in [0.15, 0.2) is 5.82 Å². The summed E-state index contributed by atoms with van der Waals surface area (Å²) in [4.78, 5) is 9.10. The van der Waals surface area contributed by atoms with E-state index in [1.165, 1.54) is 12.8 Å². The van der Waals surface area contributed by atoms with Gasteiger partial charge < -0.3 is 4.90 Å². The van der Waals surface area contributed by atoms with E-state index in [2.05, 4.69) is 37.4 Å². The van der Waals surface area contributed by atoms with Crippen LogP contribution in [0.25, 0.3) is 0 Å². The highest BCUT2D eigenvalue weighted by Crippen LogP contribution is 2.20. The average molecular weight is 289 g/mol. The van der Waals surface area contributed by atoms with E-state index < -0.39 is 0 Å². The number of aromatic nitrogens is 3. The maximum atomic E-state index is 4.37. The summed E-state index contributed by atoms with van der Waals surface area (Å²) in [5.41, 5.74) is 3.06. The molecule has 0 spiro atoms. The Hall–Kier alpha value is -1.53. The van der Waals surface area contributed by atoms with Gasteiger partial charge in [-0.05, 0) is 32.0 Å². The lowest BCUT2D eigenvalue weighted by Crippen LogP contribution is -2.46. The molecule has 20 heavy (non-hydrogen) atoms. The zero-order valence-electron chi connectivity index (χ0n) is 11.6. The lowest BCUT2D eigenvalue weighted by molar-refractivity contribution is 0.205. The highest BCUT2D eigenvalue weighted by Gasteiger charge is 2.24. The van der Waals surface area contributed by atoms with Crippen molar-refractivity contribution in [1.29, 1.82) is 0 Å². The first kappa shape index (κ1) is 13.5. The van der Waals surface area contributed by atoms with E-state index in [-0.39, 0.29) is 0 Å². The summed E-state index contributed by atoms with van der Waals surface area (Å²) in [5.74, 6) is 0.985. The van der Waals surface area contributed by atoms with Crippen LogP contribution in [0, 0.1) is 0 Å². The lowest BCUT2D eigenvalue weighted by Gasteiger charge is -2.37. The van der Waals surface area contributed by atoms with Crippen molar-refractivity contribution in [3.63, 3.8) is 0 Å². The first-order valence-electron chi connectivity index (χ1n) is 6.93. The van der Waals surface area contributed by atoms with Crippen LogP contribution in [0.3, 0.4) is 0 Å². The van der Waals surface area contributed by atoms with Crippen LogP contribution in [0.4, 0.5) is 5.82 Å². The number of hydrogen-bond donors (Lipinski definition) is 0. The van der Waals surface area contributed by atoms with Gasteiger partial charge in [0, 0.05) is 37.3 Å². The number of nitrogens with zero attached hydrogens (tertiary/aromatic N) is 5. The predicted octanol–water partition coefficient (Wildman–Crippen LogP) is 2.03. The maximum Gasteiger partial charge on any atom is 0.151 e. The normalized spacial score (nSPS) is 19.5. The van der Waals surface area contributed by atoms with Crippen LogP contribution in [0.5, 0.6) is 0 Å². The average Bonchev–Trinajstić information content (AvgIpc) is 3.01. The van der Waals surface area contributed by atoms with Gasteiger partial charge in [-0.2, -0.15) is 5.10 Å². The molecule has 1 aliphatic rings. The SMILES string of the molecule is CN(Cc1cscn1)[C@H]1CCCN(c2cccnn2)C1. The van der Waals surface area contributed by atoms with Gasteiger partial charge >= 0.3 is 0 Å². The van der Waals surface area contributed by atoms with E-state index in [1.54, 1.807) is 17.5 Å². The van der Waals surface area contributed by atoms with Crippen LogP contribution in [-0.4, -0.2) is 46.3 Å². The molecule has 0 unspecified atom stereocenters. The lowest BCUT2D eigenvalue weighted by atomic mass is 10.0. The molecule has 0 radical (unpaired) electrons. The second-order valence-corrected chi connectivity index (χ2v) is 5.94. The van der Waals surface area contributed by atoms with Crippen LogP contribution < -0.4 is 4.90 Å². The van der Waals surface area contributed by atoms with Crippen molar-refractivity contribution in [2.24, 2.45) is 0 Å². The second kappa shape index (κ2) is 6.28. The zero-order chi connectivity index (χ0) is 13.8. The molecule has 0 N–H and O–H groups in total. The highest BCUT2D eigenvalue weighted by molar-refractivity contribution is 7.07. The number of piperidine rings is 1. The van der Waals surface area contributed by atoms with Gasteiger partial charge in [0.2, 0.25) is 0 Å². The molecule has 0 amide bonds. The Morgan fingerprint density at radius 3 is 3.20 bits per heavy atom. The first-order chi connectivity index (χ1) is 9.83. The van der Waals surface area contributed by atoms with Crippen molar-refractivity contribution >= 4 is 17.2 Å². The summed E-state index contributed by atoms with van der Waals surface area (Å²) in [7, 11) is 2.18. The van der Waals surface area contributed by atoms with Crippen LogP contribution in [0.1, 0.15) is 18.5 Å². The Balaban J connectivity index is 1.63. The number of hydrogen-bond acceptors (Lipinski definition) is 6. The van der Waals surface area contributed by atoms with Gasteiger partial charge in [-0.1, -0.05) is 0 Å². The van der Waals surface area contributed by atoms with E-state index in [0.29, 0.717) is 6.04 Å². The molecule has 0 saturated carbocycles. The molecule has 106 valence electrons. The fourth-order valence-corrected chi connectivity index (χ4v) is 3.23. The van der Waals surface area contributed by atoms with Gasteiger partial charge in [0.05, 0.1) is 11.2 Å². The number of likely N-dealkylation sites (N-methyl/N-ethyl adjacent to an activating group) is 1. The third-order valence-electron chi connectivity index (χ3n) is 3.80. The molecule has 0 aliphatic carbocycles. The summed E-state index contributed by atoms with van der Waals surface area (Å²) in [6.45, 7) is 3.00. The molecule has 2 aromatic heterocycles. The standard InChI is InChI=1S/C14H19N5S/c1-18(8-12-10-20-11-15-12)13-4-3-7-19(9-13)14-5-2-6-16-17-14/h2,5-6,10-11,13H,3-4,7-9H2,1H3/t13-/m0/s1. The minimum atomic E-state index is 0.549. The van der Waals surface area contributed by atoms with Crippen LogP contribution in [0.2, 0.25) is 0 Å². The third kappa shape index (κ3) is 3.13. The van der Waals surface area contributed by atoms with Crippen molar-refractivity contribution in [2.75, 3.05) is 25.0 Å². The maximum absolute atomic E-state index is 4.37. The molecule has 1 fully saturated rings. The largest absolute Gasteiger partial charge is 0.354 e. The topological polar surface area (TPSA) is 45.2 Å². The molecule has 3 heterocycles. The van der Waals surface area contributed by atoms with Gasteiger partial charge in [0.1, 0.15) is 0 Å². The summed E-state index contributed by atoms with van der Waals surface area (Å²) in [6, 6.07) is 4.54. The molecule has 3 rings (SSSR count). The highest BCUT2D eigenvalue weighted by atomic mass is 32.1. The Kier molecular flexibility index (Phi) is 4.22. The fourth-order valence-electron chi connectivity index (χ4n) is 2.68. The predicted molar refractivity (Wildman–Crippen MR) is 80.8 cm³/mol. The van der Waals surface area contributed by atoms with Crippen molar-refractivity contribution in [3.05, 3.63) is 34.9 Å². The van der Waals surface area contributed by atoms with E-state index in [4.69, 9.17) is 0 Å². The van der Waals surface area contributed by atoms with Crippen LogP contribution >= 0.6 is 11.3 Å². The molecular weight excluding hydrogens is 270 g/mol. The van der Waals surface area contributed by atoms with Gasteiger partial charge in [-0.25, -0.2) is 4.98 Å². The molecule has 2 aromatic rings. The van der Waals surface area contributed by atoms with E-state index in [1.807, 2.05) is 17.6 Å². The second-order valence-electron chi connectivity index (χ2n) is 5.22. The zero-order valence-corrected chi connectivity index (χ0v) is 12.5. The van der Waals surface area contributed by atoms with Crippen molar-refractivity contribution in [3.8, 4) is 0 Å². The van der Waals surface area contributed by atoms with Crippen LogP contribution in [0.15, 0.2) is 29.2 Å².